The van der Waals surface area contributed by atoms with Gasteiger partial charge in [-0.15, -0.1) is 11.3 Å². The van der Waals surface area contributed by atoms with Gasteiger partial charge >= 0.3 is 0 Å². The molecule has 1 aliphatic rings. The van der Waals surface area contributed by atoms with Crippen LogP contribution in [-0.2, 0) is 11.2 Å². The largest absolute Gasteiger partial charge is 0.369 e. The highest BCUT2D eigenvalue weighted by molar-refractivity contribution is 7.14. The SMILES string of the molecule is CCN1CCN(c2ccc(NC(=O)Cc3csc(NC(=O)c4ccccc4)n3)c(C)c2)CC1. The molecule has 2 amide bonds. The van der Waals surface area contributed by atoms with Gasteiger partial charge in [-0.05, 0) is 49.4 Å². The van der Waals surface area contributed by atoms with Gasteiger partial charge in [0.15, 0.2) is 5.13 Å². The quantitative estimate of drug-likeness (QED) is 0.553. The van der Waals surface area contributed by atoms with Crippen LogP contribution in [0.25, 0.3) is 0 Å². The van der Waals surface area contributed by atoms with Crippen molar-refractivity contribution in [2.75, 3.05) is 48.3 Å². The molecule has 0 atom stereocenters. The number of nitrogens with zero attached hydrogens (tertiary/aromatic N) is 3. The molecule has 0 bridgehead atoms. The predicted octanol–water partition coefficient (Wildman–Crippen LogP) is 4.03. The monoisotopic (exact) mass is 463 g/mol. The average Bonchev–Trinajstić information content (AvgIpc) is 3.27. The van der Waals surface area contributed by atoms with Crippen molar-refractivity contribution in [1.29, 1.82) is 0 Å². The lowest BCUT2D eigenvalue weighted by molar-refractivity contribution is -0.115. The van der Waals surface area contributed by atoms with Gasteiger partial charge in [-0.25, -0.2) is 4.98 Å². The molecule has 2 aromatic carbocycles. The number of hydrogen-bond acceptors (Lipinski definition) is 6. The van der Waals surface area contributed by atoms with Crippen molar-refractivity contribution in [2.24, 2.45) is 0 Å². The van der Waals surface area contributed by atoms with E-state index in [0.29, 0.717) is 16.4 Å². The minimum atomic E-state index is -0.215. The van der Waals surface area contributed by atoms with Crippen molar-refractivity contribution in [3.05, 3.63) is 70.7 Å². The van der Waals surface area contributed by atoms with E-state index in [4.69, 9.17) is 0 Å². The van der Waals surface area contributed by atoms with E-state index in [0.717, 1.165) is 44.0 Å². The third kappa shape index (κ3) is 5.97. The maximum absolute atomic E-state index is 12.6. The zero-order valence-corrected chi connectivity index (χ0v) is 19.8. The Hall–Kier alpha value is -3.23. The Morgan fingerprint density at radius 2 is 1.79 bits per heavy atom. The Bertz CT molecular complexity index is 1110. The van der Waals surface area contributed by atoms with Crippen molar-refractivity contribution in [3.63, 3.8) is 0 Å². The summed E-state index contributed by atoms with van der Waals surface area (Å²) in [4.78, 5) is 34.1. The topological polar surface area (TPSA) is 77.6 Å². The zero-order chi connectivity index (χ0) is 23.2. The molecule has 2 N–H and O–H groups in total. The van der Waals surface area contributed by atoms with Crippen LogP contribution in [-0.4, -0.2) is 54.4 Å². The molecule has 1 saturated heterocycles. The number of carbonyl (C=O) groups excluding carboxylic acids is 2. The number of nitrogens with one attached hydrogen (secondary N) is 2. The molecule has 0 unspecified atom stereocenters. The molecule has 0 spiro atoms. The van der Waals surface area contributed by atoms with E-state index in [2.05, 4.69) is 44.5 Å². The molecular formula is C25H29N5O2S. The molecule has 4 rings (SSSR count). The molecular weight excluding hydrogens is 434 g/mol. The number of anilines is 3. The van der Waals surface area contributed by atoms with E-state index in [1.807, 2.05) is 31.2 Å². The van der Waals surface area contributed by atoms with Crippen LogP contribution in [0.3, 0.4) is 0 Å². The molecule has 1 aliphatic heterocycles. The second kappa shape index (κ2) is 10.6. The summed E-state index contributed by atoms with van der Waals surface area (Å²) >= 11 is 1.31. The van der Waals surface area contributed by atoms with Crippen LogP contribution in [0.5, 0.6) is 0 Å². The van der Waals surface area contributed by atoms with Gasteiger partial charge in [0.25, 0.3) is 5.91 Å². The second-order valence-electron chi connectivity index (χ2n) is 8.11. The van der Waals surface area contributed by atoms with Crippen LogP contribution < -0.4 is 15.5 Å². The van der Waals surface area contributed by atoms with E-state index < -0.39 is 0 Å². The van der Waals surface area contributed by atoms with Gasteiger partial charge in [0.05, 0.1) is 12.1 Å². The van der Waals surface area contributed by atoms with Crippen LogP contribution >= 0.6 is 11.3 Å². The van der Waals surface area contributed by atoms with Crippen molar-refractivity contribution < 1.29 is 9.59 Å². The first-order valence-corrected chi connectivity index (χ1v) is 12.1. The lowest BCUT2D eigenvalue weighted by Crippen LogP contribution is -2.46. The first-order chi connectivity index (χ1) is 16.0. The number of aromatic nitrogens is 1. The number of likely N-dealkylation sites (N-methyl/N-ethyl adjacent to an activating group) is 1. The highest BCUT2D eigenvalue weighted by Gasteiger charge is 2.17. The van der Waals surface area contributed by atoms with Crippen molar-refractivity contribution in [1.82, 2.24) is 9.88 Å². The number of rotatable bonds is 7. The molecule has 172 valence electrons. The van der Waals surface area contributed by atoms with Crippen LogP contribution in [0.1, 0.15) is 28.5 Å². The van der Waals surface area contributed by atoms with Crippen molar-refractivity contribution >= 4 is 39.7 Å². The molecule has 1 fully saturated rings. The summed E-state index contributed by atoms with van der Waals surface area (Å²) < 4.78 is 0. The molecule has 3 aromatic rings. The Morgan fingerprint density at radius 1 is 1.03 bits per heavy atom. The van der Waals surface area contributed by atoms with E-state index in [9.17, 15) is 9.59 Å². The Balaban J connectivity index is 1.31. The van der Waals surface area contributed by atoms with Crippen LogP contribution in [0, 0.1) is 6.92 Å². The van der Waals surface area contributed by atoms with Gasteiger partial charge < -0.3 is 15.1 Å². The van der Waals surface area contributed by atoms with Crippen molar-refractivity contribution in [3.8, 4) is 0 Å². The summed E-state index contributed by atoms with van der Waals surface area (Å²) in [5.41, 5.74) is 4.23. The van der Waals surface area contributed by atoms with Gasteiger partial charge in [0.2, 0.25) is 5.91 Å². The van der Waals surface area contributed by atoms with E-state index in [1.165, 1.54) is 17.0 Å². The molecule has 2 heterocycles. The minimum Gasteiger partial charge on any atom is -0.369 e. The smallest absolute Gasteiger partial charge is 0.257 e. The molecule has 33 heavy (non-hydrogen) atoms. The first-order valence-electron chi connectivity index (χ1n) is 11.2. The van der Waals surface area contributed by atoms with E-state index in [-0.39, 0.29) is 18.2 Å². The van der Waals surface area contributed by atoms with Gasteiger partial charge in [-0.2, -0.15) is 0 Å². The highest BCUT2D eigenvalue weighted by Crippen LogP contribution is 2.24. The third-order valence-electron chi connectivity index (χ3n) is 5.82. The second-order valence-corrected chi connectivity index (χ2v) is 8.97. The third-order valence-corrected chi connectivity index (χ3v) is 6.63. The number of piperazine rings is 1. The fraction of sp³-hybridized carbons (Fsp3) is 0.320. The summed E-state index contributed by atoms with van der Waals surface area (Å²) in [6.07, 6.45) is 0.151. The number of hydrogen-bond donors (Lipinski definition) is 2. The molecule has 0 aliphatic carbocycles. The minimum absolute atomic E-state index is 0.131. The molecule has 8 heteroatoms. The number of benzene rings is 2. The average molecular weight is 464 g/mol. The van der Waals surface area contributed by atoms with Crippen molar-refractivity contribution in [2.45, 2.75) is 20.3 Å². The molecule has 0 saturated carbocycles. The Kier molecular flexibility index (Phi) is 7.36. The standard InChI is InChI=1S/C25H29N5O2S/c1-3-29-11-13-30(14-12-29)21-9-10-22(18(2)15-21)27-23(31)16-20-17-33-25(26-20)28-24(32)19-7-5-4-6-8-19/h4-10,15,17H,3,11-14,16H2,1-2H3,(H,27,31)(H,26,28,32). The Morgan fingerprint density at radius 3 is 2.48 bits per heavy atom. The summed E-state index contributed by atoms with van der Waals surface area (Å²) in [7, 11) is 0. The zero-order valence-electron chi connectivity index (χ0n) is 19.0. The van der Waals surface area contributed by atoms with Gasteiger partial charge in [0, 0.05) is 48.5 Å². The maximum atomic E-state index is 12.6. The molecule has 0 radical (unpaired) electrons. The fourth-order valence-corrected chi connectivity index (χ4v) is 4.58. The fourth-order valence-electron chi connectivity index (χ4n) is 3.87. The summed E-state index contributed by atoms with van der Waals surface area (Å²) in [5.74, 6) is -0.346. The number of thiazole rings is 1. The first kappa shape index (κ1) is 22.9. The van der Waals surface area contributed by atoms with Crippen LogP contribution in [0.2, 0.25) is 0 Å². The summed E-state index contributed by atoms with van der Waals surface area (Å²) in [6.45, 7) is 9.51. The van der Waals surface area contributed by atoms with Gasteiger partial charge in [-0.1, -0.05) is 25.1 Å². The molecule has 1 aromatic heterocycles. The van der Waals surface area contributed by atoms with Gasteiger partial charge in [0.1, 0.15) is 0 Å². The predicted molar refractivity (Wildman–Crippen MR) is 134 cm³/mol. The van der Waals surface area contributed by atoms with Gasteiger partial charge in [-0.3, -0.25) is 14.9 Å². The highest BCUT2D eigenvalue weighted by atomic mass is 32.1. The van der Waals surface area contributed by atoms with E-state index >= 15 is 0 Å². The normalized spacial score (nSPS) is 14.2. The van der Waals surface area contributed by atoms with Crippen LogP contribution in [0.4, 0.5) is 16.5 Å². The summed E-state index contributed by atoms with van der Waals surface area (Å²) in [6, 6.07) is 15.2. The van der Waals surface area contributed by atoms with Crippen LogP contribution in [0.15, 0.2) is 53.9 Å². The maximum Gasteiger partial charge on any atom is 0.257 e. The lowest BCUT2D eigenvalue weighted by atomic mass is 10.1. The number of carbonyl (C=O) groups is 2. The lowest BCUT2D eigenvalue weighted by Gasteiger charge is -2.35. The number of aryl methyl sites for hydroxylation is 1. The molecule has 7 nitrogen and oxygen atoms in total. The van der Waals surface area contributed by atoms with E-state index in [1.54, 1.807) is 17.5 Å². The Labute approximate surface area is 198 Å². The summed E-state index contributed by atoms with van der Waals surface area (Å²) in [5, 5.41) is 8.06. The number of amides is 2.